The second kappa shape index (κ2) is 11.3. The molecule has 0 saturated carbocycles. The molecule has 0 unspecified atom stereocenters. The molecule has 0 aliphatic heterocycles. The number of carboxylic acid groups (broad SMARTS) is 1. The number of aromatic nitrogens is 2. The van der Waals surface area contributed by atoms with E-state index in [9.17, 15) is 4.79 Å². The number of carboxylic acids is 1. The summed E-state index contributed by atoms with van der Waals surface area (Å²) in [7, 11) is 0. The van der Waals surface area contributed by atoms with E-state index < -0.39 is 5.97 Å². The molecule has 0 spiro atoms. The van der Waals surface area contributed by atoms with Crippen LogP contribution < -0.4 is 0 Å². The van der Waals surface area contributed by atoms with Gasteiger partial charge in [0.15, 0.2) is 0 Å². The molecule has 21 heavy (non-hydrogen) atoms. The Kier molecular flexibility index (Phi) is 9.49. The molecule has 1 aromatic rings. The van der Waals surface area contributed by atoms with Gasteiger partial charge in [0.1, 0.15) is 0 Å². The fourth-order valence-electron chi connectivity index (χ4n) is 2.28. The van der Waals surface area contributed by atoms with Crippen molar-refractivity contribution in [1.82, 2.24) is 10.2 Å². The normalized spacial score (nSPS) is 10.9. The van der Waals surface area contributed by atoms with E-state index in [-0.39, 0.29) is 6.42 Å². The minimum atomic E-state index is -0.750. The average molecular weight is 296 g/mol. The summed E-state index contributed by atoms with van der Waals surface area (Å²) in [5, 5.41) is 16.6. The minimum absolute atomic E-state index is 0.207. The van der Waals surface area contributed by atoms with Crippen LogP contribution >= 0.6 is 0 Å². The largest absolute Gasteiger partial charge is 0.481 e. The van der Waals surface area contributed by atoms with Crippen LogP contribution in [0.15, 0.2) is 4.42 Å². The molecule has 5 nitrogen and oxygen atoms in total. The summed E-state index contributed by atoms with van der Waals surface area (Å²) in [4.78, 5) is 10.4. The van der Waals surface area contributed by atoms with Crippen molar-refractivity contribution in [2.45, 2.75) is 84.0 Å². The van der Waals surface area contributed by atoms with E-state index in [4.69, 9.17) is 9.52 Å². The molecular formula is C16H28N2O3. The van der Waals surface area contributed by atoms with Crippen molar-refractivity contribution in [2.24, 2.45) is 0 Å². The number of nitrogens with zero attached hydrogens (tertiary/aromatic N) is 2. The molecule has 0 aromatic carbocycles. The highest BCUT2D eigenvalue weighted by atomic mass is 16.4. The molecule has 1 aromatic heterocycles. The van der Waals surface area contributed by atoms with Crippen molar-refractivity contribution in [3.05, 3.63) is 11.8 Å². The Morgan fingerprint density at radius 1 is 0.905 bits per heavy atom. The fraction of sp³-hybridized carbons (Fsp3) is 0.812. The zero-order valence-corrected chi connectivity index (χ0v) is 13.1. The van der Waals surface area contributed by atoms with E-state index in [1.807, 2.05) is 0 Å². The van der Waals surface area contributed by atoms with Crippen LogP contribution in [0.3, 0.4) is 0 Å². The molecule has 0 saturated heterocycles. The standard InChI is InChI=1S/C16H28N2O3/c1-2-3-4-5-6-7-8-11-14-17-18-15(21-14)12-9-10-13-16(19)20/h2-13H2,1H3,(H,19,20). The van der Waals surface area contributed by atoms with Crippen LogP contribution in [0.1, 0.15) is 82.9 Å². The van der Waals surface area contributed by atoms with E-state index in [2.05, 4.69) is 17.1 Å². The van der Waals surface area contributed by atoms with Crippen molar-refractivity contribution < 1.29 is 14.3 Å². The highest BCUT2D eigenvalue weighted by Crippen LogP contribution is 2.11. The summed E-state index contributed by atoms with van der Waals surface area (Å²) in [5.41, 5.74) is 0. The monoisotopic (exact) mass is 296 g/mol. The van der Waals surface area contributed by atoms with Crippen molar-refractivity contribution in [2.75, 3.05) is 0 Å². The van der Waals surface area contributed by atoms with Gasteiger partial charge >= 0.3 is 5.97 Å². The quantitative estimate of drug-likeness (QED) is 0.553. The number of hydrogen-bond donors (Lipinski definition) is 1. The van der Waals surface area contributed by atoms with Crippen LogP contribution in [0.25, 0.3) is 0 Å². The third kappa shape index (κ3) is 9.21. The predicted octanol–water partition coefficient (Wildman–Crippen LogP) is 4.16. The number of hydrogen-bond acceptors (Lipinski definition) is 4. The van der Waals surface area contributed by atoms with Gasteiger partial charge < -0.3 is 9.52 Å². The van der Waals surface area contributed by atoms with Gasteiger partial charge in [-0.05, 0) is 19.3 Å². The zero-order valence-electron chi connectivity index (χ0n) is 13.1. The first-order chi connectivity index (χ1) is 10.2. The predicted molar refractivity (Wildman–Crippen MR) is 81.2 cm³/mol. The van der Waals surface area contributed by atoms with Gasteiger partial charge in [-0.25, -0.2) is 0 Å². The van der Waals surface area contributed by atoms with E-state index >= 15 is 0 Å². The third-order valence-corrected chi connectivity index (χ3v) is 3.53. The van der Waals surface area contributed by atoms with Gasteiger partial charge in [0.25, 0.3) is 0 Å². The summed E-state index contributed by atoms with van der Waals surface area (Å²) in [6.45, 7) is 2.23. The first-order valence-corrected chi connectivity index (χ1v) is 8.25. The van der Waals surface area contributed by atoms with Gasteiger partial charge in [0, 0.05) is 19.3 Å². The van der Waals surface area contributed by atoms with Crippen LogP contribution in [-0.2, 0) is 17.6 Å². The van der Waals surface area contributed by atoms with Gasteiger partial charge in [-0.15, -0.1) is 10.2 Å². The first-order valence-electron chi connectivity index (χ1n) is 8.25. The Labute approximate surface area is 127 Å². The molecule has 120 valence electrons. The topological polar surface area (TPSA) is 76.2 Å². The zero-order chi connectivity index (χ0) is 15.3. The molecule has 0 atom stereocenters. The molecule has 0 bridgehead atoms. The molecule has 1 heterocycles. The second-order valence-electron chi connectivity index (χ2n) is 5.56. The Morgan fingerprint density at radius 2 is 1.43 bits per heavy atom. The van der Waals surface area contributed by atoms with Crippen LogP contribution in [0.4, 0.5) is 0 Å². The van der Waals surface area contributed by atoms with Crippen LogP contribution in [0.5, 0.6) is 0 Å². The van der Waals surface area contributed by atoms with E-state index in [1.165, 1.54) is 38.5 Å². The Hall–Kier alpha value is -1.39. The van der Waals surface area contributed by atoms with Crippen molar-refractivity contribution in [1.29, 1.82) is 0 Å². The lowest BCUT2D eigenvalue weighted by molar-refractivity contribution is -0.137. The summed E-state index contributed by atoms with van der Waals surface area (Å²) < 4.78 is 5.57. The summed E-state index contributed by atoms with van der Waals surface area (Å²) >= 11 is 0. The highest BCUT2D eigenvalue weighted by Gasteiger charge is 2.06. The summed E-state index contributed by atoms with van der Waals surface area (Å²) in [5.74, 6) is 0.607. The van der Waals surface area contributed by atoms with Crippen LogP contribution in [0.2, 0.25) is 0 Å². The lowest BCUT2D eigenvalue weighted by Gasteiger charge is -1.99. The third-order valence-electron chi connectivity index (χ3n) is 3.53. The maximum atomic E-state index is 10.4. The number of aryl methyl sites for hydroxylation is 2. The minimum Gasteiger partial charge on any atom is -0.481 e. The molecule has 0 aliphatic carbocycles. The second-order valence-corrected chi connectivity index (χ2v) is 5.56. The fourth-order valence-corrected chi connectivity index (χ4v) is 2.28. The molecule has 0 fully saturated rings. The van der Waals surface area contributed by atoms with Crippen molar-refractivity contribution in [3.63, 3.8) is 0 Å². The van der Waals surface area contributed by atoms with Gasteiger partial charge in [-0.2, -0.15) is 0 Å². The molecule has 0 aliphatic rings. The molecule has 5 heteroatoms. The Balaban J connectivity index is 2.04. The average Bonchev–Trinajstić information content (AvgIpc) is 2.90. The smallest absolute Gasteiger partial charge is 0.303 e. The van der Waals surface area contributed by atoms with E-state index in [0.29, 0.717) is 18.7 Å². The number of carbonyl (C=O) groups is 1. The molecule has 0 radical (unpaired) electrons. The van der Waals surface area contributed by atoms with E-state index in [1.54, 1.807) is 0 Å². The molecular weight excluding hydrogens is 268 g/mol. The maximum absolute atomic E-state index is 10.4. The lowest BCUT2D eigenvalue weighted by Crippen LogP contribution is -1.95. The van der Waals surface area contributed by atoms with Crippen molar-refractivity contribution in [3.8, 4) is 0 Å². The van der Waals surface area contributed by atoms with Gasteiger partial charge in [-0.3, -0.25) is 4.79 Å². The maximum Gasteiger partial charge on any atom is 0.303 e. The Bertz CT molecular complexity index is 391. The van der Waals surface area contributed by atoms with Crippen LogP contribution in [0, 0.1) is 0 Å². The molecule has 1 rings (SSSR count). The van der Waals surface area contributed by atoms with Crippen molar-refractivity contribution >= 4 is 5.97 Å². The molecule has 1 N–H and O–H groups in total. The SMILES string of the molecule is CCCCCCCCCc1nnc(CCCCC(=O)O)o1. The van der Waals surface area contributed by atoms with Gasteiger partial charge in [0.05, 0.1) is 0 Å². The lowest BCUT2D eigenvalue weighted by atomic mass is 10.1. The summed E-state index contributed by atoms with van der Waals surface area (Å²) in [6, 6.07) is 0. The van der Waals surface area contributed by atoms with Gasteiger partial charge in [-0.1, -0.05) is 45.4 Å². The van der Waals surface area contributed by atoms with Gasteiger partial charge in [0.2, 0.25) is 11.8 Å². The molecule has 0 amide bonds. The Morgan fingerprint density at radius 3 is 2.00 bits per heavy atom. The number of aliphatic carboxylic acids is 1. The summed E-state index contributed by atoms with van der Waals surface area (Å²) in [6.07, 6.45) is 12.1. The van der Waals surface area contributed by atoms with Crippen LogP contribution in [-0.4, -0.2) is 21.3 Å². The number of unbranched alkanes of at least 4 members (excludes halogenated alkanes) is 7. The van der Waals surface area contributed by atoms with E-state index in [0.717, 1.165) is 25.2 Å². The first kappa shape index (κ1) is 17.7. The number of rotatable bonds is 13. The highest BCUT2D eigenvalue weighted by molar-refractivity contribution is 5.66.